The number of thiophene rings is 1. The second-order valence-electron chi connectivity index (χ2n) is 6.76. The predicted octanol–water partition coefficient (Wildman–Crippen LogP) is 4.44. The van der Waals surface area contributed by atoms with Crippen molar-refractivity contribution in [1.29, 1.82) is 0 Å². The van der Waals surface area contributed by atoms with Crippen LogP contribution in [0.2, 0.25) is 0 Å². The normalized spacial score (nSPS) is 19.3. The molecule has 0 aromatic carbocycles. The molecule has 4 rings (SSSR count). The summed E-state index contributed by atoms with van der Waals surface area (Å²) in [7, 11) is 0. The molecule has 0 amide bonds. The molecule has 3 aromatic rings. The van der Waals surface area contributed by atoms with Crippen LogP contribution in [0.15, 0.2) is 29.8 Å². The molecule has 0 saturated carbocycles. The van der Waals surface area contributed by atoms with E-state index in [9.17, 15) is 0 Å². The minimum absolute atomic E-state index is 0.616. The minimum Gasteiger partial charge on any atom is -0.476 e. The maximum atomic E-state index is 6.19. The highest BCUT2D eigenvalue weighted by molar-refractivity contribution is 7.16. The van der Waals surface area contributed by atoms with Gasteiger partial charge in [0.1, 0.15) is 15.9 Å². The van der Waals surface area contributed by atoms with Gasteiger partial charge in [0.25, 0.3) is 0 Å². The lowest BCUT2D eigenvalue weighted by Gasteiger charge is -2.32. The molecule has 0 N–H and O–H groups in total. The molecule has 5 heteroatoms. The van der Waals surface area contributed by atoms with Gasteiger partial charge in [0.15, 0.2) is 0 Å². The number of unbranched alkanes of at least 4 members (excludes halogenated alkanes) is 1. The van der Waals surface area contributed by atoms with E-state index < -0.39 is 0 Å². The Morgan fingerprint density at radius 3 is 3.25 bits per heavy atom. The topological polar surface area (TPSA) is 29.8 Å². The van der Waals surface area contributed by atoms with Gasteiger partial charge in [-0.2, -0.15) is 0 Å². The summed E-state index contributed by atoms with van der Waals surface area (Å²) in [5.41, 5.74) is 2.09. The lowest BCUT2D eigenvalue weighted by molar-refractivity contribution is 0.127. The molecule has 1 fully saturated rings. The van der Waals surface area contributed by atoms with Crippen LogP contribution in [-0.4, -0.2) is 40.5 Å². The van der Waals surface area contributed by atoms with Crippen LogP contribution in [0.5, 0.6) is 5.88 Å². The van der Waals surface area contributed by atoms with E-state index in [0.717, 1.165) is 30.1 Å². The van der Waals surface area contributed by atoms with E-state index in [1.165, 1.54) is 43.6 Å². The van der Waals surface area contributed by atoms with Crippen molar-refractivity contribution in [2.24, 2.45) is 5.92 Å². The molecule has 4 nitrogen and oxygen atoms in total. The number of hydrogen-bond acceptors (Lipinski definition) is 4. The highest BCUT2D eigenvalue weighted by Crippen LogP contribution is 2.28. The van der Waals surface area contributed by atoms with Gasteiger partial charge in [-0.05, 0) is 55.9 Å². The van der Waals surface area contributed by atoms with Crippen molar-refractivity contribution in [3.63, 3.8) is 0 Å². The van der Waals surface area contributed by atoms with Crippen LogP contribution in [0.3, 0.4) is 0 Å². The summed E-state index contributed by atoms with van der Waals surface area (Å²) in [6.07, 6.45) is 7.22. The van der Waals surface area contributed by atoms with Crippen LogP contribution in [0.4, 0.5) is 0 Å². The van der Waals surface area contributed by atoms with Crippen molar-refractivity contribution >= 4 is 27.2 Å². The Morgan fingerprint density at radius 1 is 1.38 bits per heavy atom. The Bertz CT molecular complexity index is 809. The van der Waals surface area contributed by atoms with E-state index in [1.807, 2.05) is 0 Å². The molecule has 0 radical (unpaired) electrons. The molecule has 3 aromatic heterocycles. The highest BCUT2D eigenvalue weighted by atomic mass is 32.1. The van der Waals surface area contributed by atoms with Gasteiger partial charge in [0.2, 0.25) is 5.88 Å². The largest absolute Gasteiger partial charge is 0.476 e. The molecular weight excluding hydrogens is 318 g/mol. The Morgan fingerprint density at radius 2 is 2.33 bits per heavy atom. The lowest BCUT2D eigenvalue weighted by atomic mass is 9.99. The number of ether oxygens (including phenoxy) is 1. The first-order valence-electron chi connectivity index (χ1n) is 9.04. The molecule has 1 unspecified atom stereocenters. The van der Waals surface area contributed by atoms with E-state index >= 15 is 0 Å². The Kier molecular flexibility index (Phi) is 4.72. The summed E-state index contributed by atoms with van der Waals surface area (Å²) in [6.45, 7) is 6.68. The van der Waals surface area contributed by atoms with Crippen molar-refractivity contribution in [2.75, 3.05) is 26.2 Å². The smallest absolute Gasteiger partial charge is 0.238 e. The van der Waals surface area contributed by atoms with E-state index in [0.29, 0.717) is 5.92 Å². The fraction of sp³-hybridized carbons (Fsp3) is 0.526. The number of likely N-dealkylation sites (tertiary alicyclic amines) is 1. The molecule has 24 heavy (non-hydrogen) atoms. The first kappa shape index (κ1) is 15.9. The van der Waals surface area contributed by atoms with Crippen molar-refractivity contribution in [1.82, 2.24) is 14.3 Å². The maximum Gasteiger partial charge on any atom is 0.238 e. The maximum absolute atomic E-state index is 6.19. The molecule has 1 saturated heterocycles. The van der Waals surface area contributed by atoms with E-state index in [1.54, 1.807) is 11.3 Å². The summed E-state index contributed by atoms with van der Waals surface area (Å²) < 4.78 is 8.38. The van der Waals surface area contributed by atoms with Crippen LogP contribution in [0.25, 0.3) is 15.9 Å². The quantitative estimate of drug-likeness (QED) is 0.663. The molecule has 0 spiro atoms. The van der Waals surface area contributed by atoms with Crippen LogP contribution in [0.1, 0.15) is 32.6 Å². The molecular formula is C19H25N3OS. The third-order valence-corrected chi connectivity index (χ3v) is 5.82. The van der Waals surface area contributed by atoms with Gasteiger partial charge in [-0.25, -0.2) is 4.98 Å². The zero-order valence-electron chi connectivity index (χ0n) is 14.3. The van der Waals surface area contributed by atoms with Gasteiger partial charge in [-0.15, -0.1) is 11.3 Å². The van der Waals surface area contributed by atoms with E-state index in [2.05, 4.69) is 46.0 Å². The van der Waals surface area contributed by atoms with Gasteiger partial charge in [-0.3, -0.25) is 0 Å². The first-order valence-corrected chi connectivity index (χ1v) is 9.92. The van der Waals surface area contributed by atoms with Crippen molar-refractivity contribution in [3.8, 4) is 5.88 Å². The van der Waals surface area contributed by atoms with Crippen LogP contribution < -0.4 is 4.74 Å². The summed E-state index contributed by atoms with van der Waals surface area (Å²) in [5.74, 6) is 1.39. The minimum atomic E-state index is 0.616. The molecule has 1 aliphatic rings. The van der Waals surface area contributed by atoms with Crippen molar-refractivity contribution in [2.45, 2.75) is 32.6 Å². The average molecular weight is 343 g/mol. The predicted molar refractivity (Wildman–Crippen MR) is 100 cm³/mol. The highest BCUT2D eigenvalue weighted by Gasteiger charge is 2.21. The summed E-state index contributed by atoms with van der Waals surface area (Å²) in [5, 5.41) is 2.09. The number of nitrogens with zero attached hydrogens (tertiary/aromatic N) is 3. The zero-order valence-corrected chi connectivity index (χ0v) is 15.1. The fourth-order valence-corrected chi connectivity index (χ4v) is 4.47. The molecule has 4 heterocycles. The molecule has 128 valence electrons. The number of hydrogen-bond donors (Lipinski definition) is 0. The second kappa shape index (κ2) is 7.11. The fourth-order valence-electron chi connectivity index (χ4n) is 3.63. The van der Waals surface area contributed by atoms with Gasteiger partial charge in [0.05, 0.1) is 6.61 Å². The van der Waals surface area contributed by atoms with E-state index in [4.69, 9.17) is 9.72 Å². The lowest BCUT2D eigenvalue weighted by Crippen LogP contribution is -2.38. The van der Waals surface area contributed by atoms with Crippen molar-refractivity contribution < 1.29 is 4.74 Å². The Hall–Kier alpha value is -1.59. The van der Waals surface area contributed by atoms with Crippen LogP contribution in [0, 0.1) is 5.92 Å². The van der Waals surface area contributed by atoms with Gasteiger partial charge in [-0.1, -0.05) is 13.3 Å². The number of piperidine rings is 1. The summed E-state index contributed by atoms with van der Waals surface area (Å²) in [4.78, 5) is 8.53. The van der Waals surface area contributed by atoms with E-state index in [-0.39, 0.29) is 0 Å². The molecule has 0 aliphatic carbocycles. The SMILES string of the molecule is CCCCN1CCCC(COc2nc3ccsc3n3cccc23)C1. The monoisotopic (exact) mass is 343 g/mol. The van der Waals surface area contributed by atoms with Crippen LogP contribution >= 0.6 is 11.3 Å². The van der Waals surface area contributed by atoms with Crippen molar-refractivity contribution in [3.05, 3.63) is 29.8 Å². The summed E-state index contributed by atoms with van der Waals surface area (Å²) >= 11 is 1.72. The molecule has 1 aliphatic heterocycles. The van der Waals surface area contributed by atoms with Crippen LogP contribution in [-0.2, 0) is 0 Å². The molecule has 1 atom stereocenters. The third kappa shape index (κ3) is 3.15. The third-order valence-electron chi connectivity index (χ3n) is 4.92. The van der Waals surface area contributed by atoms with Gasteiger partial charge < -0.3 is 14.0 Å². The average Bonchev–Trinajstić information content (AvgIpc) is 3.26. The zero-order chi connectivity index (χ0) is 16.4. The Labute approximate surface area is 147 Å². The first-order chi connectivity index (χ1) is 11.8. The second-order valence-corrected chi connectivity index (χ2v) is 7.66. The standard InChI is InChI=1S/C19H25N3OS/c1-2-3-9-21-10-4-6-15(13-21)14-23-18-17-7-5-11-22(17)19-16(20-18)8-12-24-19/h5,7-8,11-12,15H,2-4,6,9-10,13-14H2,1H3. The van der Waals surface area contributed by atoms with Gasteiger partial charge in [0, 0.05) is 18.7 Å². The van der Waals surface area contributed by atoms with Gasteiger partial charge >= 0.3 is 0 Å². The summed E-state index contributed by atoms with van der Waals surface area (Å²) in [6, 6.07) is 6.23. The number of rotatable bonds is 6. The molecule has 0 bridgehead atoms. The number of fused-ring (bicyclic) bond motifs is 3. The Balaban J connectivity index is 1.47. The number of aromatic nitrogens is 2.